The number of hydrogen-bond donors (Lipinski definition) is 1. The minimum absolute atomic E-state index is 0.599. The number of rotatable bonds is 1. The van der Waals surface area contributed by atoms with E-state index in [4.69, 9.17) is 5.26 Å². The fourth-order valence-corrected chi connectivity index (χ4v) is 1.93. The SMILES string of the molecule is N#Cc1cccnc1-c1ccc2[nH]ccc2c1. The smallest absolute Gasteiger partial charge is 0.101 e. The highest BCUT2D eigenvalue weighted by Crippen LogP contribution is 2.24. The average Bonchev–Trinajstić information content (AvgIpc) is 2.85. The molecule has 2 aromatic heterocycles. The van der Waals surface area contributed by atoms with Gasteiger partial charge in [0.15, 0.2) is 0 Å². The highest BCUT2D eigenvalue weighted by Gasteiger charge is 2.06. The van der Waals surface area contributed by atoms with Crippen molar-refractivity contribution >= 4 is 10.9 Å². The third-order valence-corrected chi connectivity index (χ3v) is 2.75. The summed E-state index contributed by atoms with van der Waals surface area (Å²) in [6, 6.07) is 13.7. The van der Waals surface area contributed by atoms with Crippen LogP contribution >= 0.6 is 0 Å². The Labute approximate surface area is 98.4 Å². The number of benzene rings is 1. The number of nitriles is 1. The zero-order valence-corrected chi connectivity index (χ0v) is 9.01. The quantitative estimate of drug-likeness (QED) is 0.683. The molecule has 3 heteroatoms. The van der Waals surface area contributed by atoms with Gasteiger partial charge < -0.3 is 4.98 Å². The van der Waals surface area contributed by atoms with E-state index < -0.39 is 0 Å². The second-order valence-electron chi connectivity index (χ2n) is 3.79. The summed E-state index contributed by atoms with van der Waals surface area (Å²) >= 11 is 0. The maximum Gasteiger partial charge on any atom is 0.101 e. The highest BCUT2D eigenvalue weighted by atomic mass is 14.7. The Bertz CT molecular complexity index is 719. The molecule has 0 saturated heterocycles. The molecule has 0 fully saturated rings. The fourth-order valence-electron chi connectivity index (χ4n) is 1.93. The summed E-state index contributed by atoms with van der Waals surface area (Å²) in [7, 11) is 0. The largest absolute Gasteiger partial charge is 0.361 e. The van der Waals surface area contributed by atoms with E-state index in [1.165, 1.54) is 0 Å². The lowest BCUT2D eigenvalue weighted by atomic mass is 10.1. The van der Waals surface area contributed by atoms with Gasteiger partial charge in [0.1, 0.15) is 6.07 Å². The molecule has 80 valence electrons. The highest BCUT2D eigenvalue weighted by molar-refractivity contribution is 5.85. The zero-order chi connectivity index (χ0) is 11.7. The maximum absolute atomic E-state index is 9.06. The number of pyridine rings is 1. The molecule has 3 rings (SSSR count). The predicted molar refractivity (Wildman–Crippen MR) is 66.2 cm³/mol. The lowest BCUT2D eigenvalue weighted by Crippen LogP contribution is -1.87. The minimum Gasteiger partial charge on any atom is -0.361 e. The van der Waals surface area contributed by atoms with Gasteiger partial charge in [-0.3, -0.25) is 4.98 Å². The van der Waals surface area contributed by atoms with Gasteiger partial charge in [0.25, 0.3) is 0 Å². The summed E-state index contributed by atoms with van der Waals surface area (Å²) < 4.78 is 0. The zero-order valence-electron chi connectivity index (χ0n) is 9.01. The van der Waals surface area contributed by atoms with Gasteiger partial charge >= 0.3 is 0 Å². The van der Waals surface area contributed by atoms with Crippen LogP contribution in [-0.2, 0) is 0 Å². The van der Waals surface area contributed by atoms with Crippen molar-refractivity contribution in [3.8, 4) is 17.3 Å². The molecule has 0 aliphatic carbocycles. The molecule has 17 heavy (non-hydrogen) atoms. The first kappa shape index (κ1) is 9.61. The Morgan fingerprint density at radius 2 is 2.12 bits per heavy atom. The van der Waals surface area contributed by atoms with Gasteiger partial charge in [0.05, 0.1) is 11.3 Å². The summed E-state index contributed by atoms with van der Waals surface area (Å²) in [5.41, 5.74) is 3.39. The van der Waals surface area contributed by atoms with E-state index in [2.05, 4.69) is 16.0 Å². The van der Waals surface area contributed by atoms with Gasteiger partial charge in [-0.1, -0.05) is 6.07 Å². The molecule has 0 unspecified atom stereocenters. The molecule has 0 aliphatic heterocycles. The number of aromatic amines is 1. The van der Waals surface area contributed by atoms with Gasteiger partial charge in [-0.05, 0) is 30.3 Å². The van der Waals surface area contributed by atoms with Crippen LogP contribution in [0, 0.1) is 11.3 Å². The molecular formula is C14H9N3. The van der Waals surface area contributed by atoms with Crippen molar-refractivity contribution in [2.45, 2.75) is 0 Å². The second kappa shape index (κ2) is 3.76. The lowest BCUT2D eigenvalue weighted by Gasteiger charge is -2.02. The number of aromatic nitrogens is 2. The summed E-state index contributed by atoms with van der Waals surface area (Å²) in [6.45, 7) is 0. The van der Waals surface area contributed by atoms with Crippen molar-refractivity contribution in [3.63, 3.8) is 0 Å². The first-order chi connectivity index (χ1) is 8.38. The molecule has 2 heterocycles. The van der Waals surface area contributed by atoms with Gasteiger partial charge in [-0.2, -0.15) is 5.26 Å². The van der Waals surface area contributed by atoms with E-state index in [0.29, 0.717) is 5.56 Å². The third-order valence-electron chi connectivity index (χ3n) is 2.75. The standard InChI is InChI=1S/C14H9N3/c15-9-12-2-1-6-17-14(12)11-3-4-13-10(8-11)5-7-16-13/h1-8,16H. The van der Waals surface area contributed by atoms with Gasteiger partial charge in [0, 0.05) is 28.9 Å². The molecule has 3 aromatic rings. The van der Waals surface area contributed by atoms with Gasteiger partial charge in [0.2, 0.25) is 0 Å². The van der Waals surface area contributed by atoms with Crippen LogP contribution in [0.3, 0.4) is 0 Å². The third kappa shape index (κ3) is 1.56. The van der Waals surface area contributed by atoms with Crippen molar-refractivity contribution in [1.82, 2.24) is 9.97 Å². The summed E-state index contributed by atoms with van der Waals surface area (Å²) in [4.78, 5) is 7.42. The molecule has 0 atom stereocenters. The summed E-state index contributed by atoms with van der Waals surface area (Å²) in [5.74, 6) is 0. The van der Waals surface area contributed by atoms with Crippen LogP contribution in [-0.4, -0.2) is 9.97 Å². The Kier molecular flexibility index (Phi) is 2.13. The first-order valence-electron chi connectivity index (χ1n) is 5.31. The van der Waals surface area contributed by atoms with Crippen molar-refractivity contribution in [2.75, 3.05) is 0 Å². The normalized spacial score (nSPS) is 10.3. The van der Waals surface area contributed by atoms with Crippen molar-refractivity contribution in [1.29, 1.82) is 5.26 Å². The van der Waals surface area contributed by atoms with Crippen LogP contribution < -0.4 is 0 Å². The summed E-state index contributed by atoms with van der Waals surface area (Å²) in [5, 5.41) is 10.2. The molecule has 0 aliphatic rings. The maximum atomic E-state index is 9.06. The number of H-pyrrole nitrogens is 1. The molecule has 1 aromatic carbocycles. The van der Waals surface area contributed by atoms with E-state index in [1.54, 1.807) is 18.3 Å². The number of fused-ring (bicyclic) bond motifs is 1. The topological polar surface area (TPSA) is 52.5 Å². The summed E-state index contributed by atoms with van der Waals surface area (Å²) in [6.07, 6.45) is 3.61. The molecule has 0 radical (unpaired) electrons. The van der Waals surface area contributed by atoms with Crippen molar-refractivity contribution < 1.29 is 0 Å². The van der Waals surface area contributed by atoms with E-state index in [-0.39, 0.29) is 0 Å². The van der Waals surface area contributed by atoms with Crippen LogP contribution in [0.2, 0.25) is 0 Å². The number of nitrogens with zero attached hydrogens (tertiary/aromatic N) is 2. The van der Waals surface area contributed by atoms with Crippen LogP contribution in [0.15, 0.2) is 48.8 Å². The van der Waals surface area contributed by atoms with Crippen LogP contribution in [0.4, 0.5) is 0 Å². The molecule has 0 saturated carbocycles. The Balaban J connectivity index is 2.23. The second-order valence-corrected chi connectivity index (χ2v) is 3.79. The molecule has 0 amide bonds. The van der Waals surface area contributed by atoms with E-state index in [1.807, 2.05) is 30.5 Å². The number of nitrogens with one attached hydrogen (secondary N) is 1. The molecule has 0 bridgehead atoms. The van der Waals surface area contributed by atoms with Crippen molar-refractivity contribution in [3.05, 3.63) is 54.4 Å². The van der Waals surface area contributed by atoms with Gasteiger partial charge in [-0.25, -0.2) is 0 Å². The van der Waals surface area contributed by atoms with Crippen LogP contribution in [0.25, 0.3) is 22.2 Å². The van der Waals surface area contributed by atoms with Gasteiger partial charge in [-0.15, -0.1) is 0 Å². The van der Waals surface area contributed by atoms with Crippen LogP contribution in [0.1, 0.15) is 5.56 Å². The van der Waals surface area contributed by atoms with E-state index >= 15 is 0 Å². The van der Waals surface area contributed by atoms with Crippen molar-refractivity contribution in [2.24, 2.45) is 0 Å². The average molecular weight is 219 g/mol. The Morgan fingerprint density at radius 3 is 3.00 bits per heavy atom. The van der Waals surface area contributed by atoms with E-state index in [0.717, 1.165) is 22.2 Å². The molecule has 3 nitrogen and oxygen atoms in total. The van der Waals surface area contributed by atoms with E-state index in [9.17, 15) is 0 Å². The number of hydrogen-bond acceptors (Lipinski definition) is 2. The minimum atomic E-state index is 0.599. The molecule has 1 N–H and O–H groups in total. The monoisotopic (exact) mass is 219 g/mol. The van der Waals surface area contributed by atoms with Crippen LogP contribution in [0.5, 0.6) is 0 Å². The Hall–Kier alpha value is -2.60. The lowest BCUT2D eigenvalue weighted by molar-refractivity contribution is 1.30. The Morgan fingerprint density at radius 1 is 1.18 bits per heavy atom. The molecular weight excluding hydrogens is 210 g/mol. The first-order valence-corrected chi connectivity index (χ1v) is 5.31. The fraction of sp³-hybridized carbons (Fsp3) is 0. The molecule has 0 spiro atoms. The predicted octanol–water partition coefficient (Wildman–Crippen LogP) is 3.10.